The van der Waals surface area contributed by atoms with Crippen molar-refractivity contribution in [2.75, 3.05) is 0 Å². The average Bonchev–Trinajstić information content (AvgIpc) is 2.82. The minimum Gasteiger partial charge on any atom is -0.387 e. The van der Waals surface area contributed by atoms with Crippen molar-refractivity contribution in [3.05, 3.63) is 23.1 Å². The van der Waals surface area contributed by atoms with E-state index in [0.29, 0.717) is 0 Å². The third-order valence-electron chi connectivity index (χ3n) is 3.46. The maximum Gasteiger partial charge on any atom is 0.142 e. The number of fused-ring (bicyclic) bond motifs is 1. The summed E-state index contributed by atoms with van der Waals surface area (Å²) in [4.78, 5) is 9.85. The van der Waals surface area contributed by atoms with E-state index in [1.54, 1.807) is 17.7 Å². The van der Waals surface area contributed by atoms with Gasteiger partial charge in [-0.15, -0.1) is 11.3 Å². The Kier molecular flexibility index (Phi) is 2.57. The molecular formula is C13H17N3OS. The van der Waals surface area contributed by atoms with Gasteiger partial charge in [0, 0.05) is 7.05 Å². The summed E-state index contributed by atoms with van der Waals surface area (Å²) in [5, 5.41) is 11.2. The fourth-order valence-corrected chi connectivity index (χ4v) is 3.69. The van der Waals surface area contributed by atoms with Crippen molar-refractivity contribution < 1.29 is 5.11 Å². The molecule has 18 heavy (non-hydrogen) atoms. The van der Waals surface area contributed by atoms with Gasteiger partial charge >= 0.3 is 0 Å². The first-order chi connectivity index (χ1) is 8.46. The molecule has 3 rings (SSSR count). The molecule has 0 amide bonds. The van der Waals surface area contributed by atoms with Crippen LogP contribution in [0, 0.1) is 5.41 Å². The summed E-state index contributed by atoms with van der Waals surface area (Å²) in [7, 11) is 1.96. The van der Waals surface area contributed by atoms with Gasteiger partial charge in [-0.05, 0) is 18.3 Å². The van der Waals surface area contributed by atoms with Gasteiger partial charge in [0.25, 0.3) is 0 Å². The number of imidazole rings is 1. The Bertz CT molecular complexity index is 585. The molecule has 1 N–H and O–H groups in total. The topological polar surface area (TPSA) is 50.9 Å². The quantitative estimate of drug-likeness (QED) is 0.860. The summed E-state index contributed by atoms with van der Waals surface area (Å²) < 4.78 is 1.96. The minimum atomic E-state index is -0.372. The molecule has 0 saturated carbocycles. The molecule has 0 fully saturated rings. The van der Waals surface area contributed by atoms with Crippen LogP contribution in [0.1, 0.15) is 36.9 Å². The molecule has 1 unspecified atom stereocenters. The fraction of sp³-hybridized carbons (Fsp3) is 0.538. The molecule has 2 aromatic rings. The van der Waals surface area contributed by atoms with Crippen LogP contribution in [0.15, 0.2) is 12.5 Å². The number of aryl methyl sites for hydroxylation is 1. The molecule has 4 nitrogen and oxygen atoms in total. The van der Waals surface area contributed by atoms with Crippen molar-refractivity contribution in [2.45, 2.75) is 32.8 Å². The van der Waals surface area contributed by atoms with E-state index < -0.39 is 0 Å². The molecule has 1 aliphatic rings. The van der Waals surface area contributed by atoms with Crippen molar-refractivity contribution in [1.29, 1.82) is 0 Å². The first-order valence-corrected chi connectivity index (χ1v) is 6.92. The van der Waals surface area contributed by atoms with Crippen molar-refractivity contribution in [3.63, 3.8) is 0 Å². The molecular weight excluding hydrogens is 246 g/mol. The molecule has 0 saturated heterocycles. The number of thiazole rings is 1. The number of aromatic nitrogens is 3. The number of aliphatic hydroxyl groups excluding tert-OH is 1. The highest BCUT2D eigenvalue weighted by Crippen LogP contribution is 2.44. The van der Waals surface area contributed by atoms with Gasteiger partial charge in [0.05, 0.1) is 34.9 Å². The number of rotatable bonds is 1. The van der Waals surface area contributed by atoms with Crippen LogP contribution in [-0.2, 0) is 13.5 Å². The predicted molar refractivity (Wildman–Crippen MR) is 71.4 cm³/mol. The van der Waals surface area contributed by atoms with E-state index in [4.69, 9.17) is 4.98 Å². The zero-order chi connectivity index (χ0) is 12.9. The minimum absolute atomic E-state index is 0.129. The number of aliphatic hydroxyl groups is 1. The smallest absolute Gasteiger partial charge is 0.142 e. The zero-order valence-corrected chi connectivity index (χ0v) is 11.7. The number of hydrogen-bond acceptors (Lipinski definition) is 4. The molecule has 2 aromatic heterocycles. The molecule has 2 heterocycles. The molecule has 1 aliphatic carbocycles. The third kappa shape index (κ3) is 1.87. The lowest BCUT2D eigenvalue weighted by molar-refractivity contribution is 0.102. The summed E-state index contributed by atoms with van der Waals surface area (Å²) in [6, 6.07) is 0. The maximum absolute atomic E-state index is 10.2. The summed E-state index contributed by atoms with van der Waals surface area (Å²) in [5.74, 6) is 0. The zero-order valence-electron chi connectivity index (χ0n) is 10.8. The van der Waals surface area contributed by atoms with E-state index >= 15 is 0 Å². The lowest BCUT2D eigenvalue weighted by Crippen LogP contribution is -2.24. The Morgan fingerprint density at radius 1 is 1.50 bits per heavy atom. The molecule has 0 aliphatic heterocycles. The van der Waals surface area contributed by atoms with Gasteiger partial charge in [-0.3, -0.25) is 0 Å². The predicted octanol–water partition coefficient (Wildman–Crippen LogP) is 2.55. The lowest BCUT2D eigenvalue weighted by atomic mass is 9.77. The van der Waals surface area contributed by atoms with Gasteiger partial charge < -0.3 is 9.67 Å². The highest BCUT2D eigenvalue weighted by Gasteiger charge is 2.34. The second-order valence-electron chi connectivity index (χ2n) is 5.78. The van der Waals surface area contributed by atoms with E-state index in [2.05, 4.69) is 18.8 Å². The standard InChI is InChI=1S/C13H17N3OS/c1-13(2)4-8-11(10(17)5-13)18-12(15-8)9-6-14-7-16(9)3/h6-7,10,17H,4-5H2,1-3H3. The second kappa shape index (κ2) is 3.90. The van der Waals surface area contributed by atoms with Crippen LogP contribution >= 0.6 is 11.3 Å². The van der Waals surface area contributed by atoms with Gasteiger partial charge in [-0.2, -0.15) is 0 Å². The Morgan fingerprint density at radius 2 is 2.28 bits per heavy atom. The van der Waals surface area contributed by atoms with Crippen molar-refractivity contribution >= 4 is 11.3 Å². The monoisotopic (exact) mass is 263 g/mol. The van der Waals surface area contributed by atoms with E-state index in [9.17, 15) is 5.11 Å². The van der Waals surface area contributed by atoms with Crippen molar-refractivity contribution in [2.24, 2.45) is 12.5 Å². The Balaban J connectivity index is 2.06. The van der Waals surface area contributed by atoms with E-state index in [0.717, 1.165) is 34.1 Å². The van der Waals surface area contributed by atoms with E-state index in [-0.39, 0.29) is 11.5 Å². The normalized spacial score (nSPS) is 21.9. The fourth-order valence-electron chi connectivity index (χ4n) is 2.56. The first-order valence-electron chi connectivity index (χ1n) is 6.11. The molecule has 1 atom stereocenters. The van der Waals surface area contributed by atoms with Crippen molar-refractivity contribution in [3.8, 4) is 10.7 Å². The number of hydrogen-bond donors (Lipinski definition) is 1. The Hall–Kier alpha value is -1.20. The Labute approximate surface area is 110 Å². The summed E-state index contributed by atoms with van der Waals surface area (Å²) in [5.41, 5.74) is 2.20. The summed E-state index contributed by atoms with van der Waals surface area (Å²) in [6.07, 6.45) is 4.97. The first kappa shape index (κ1) is 11.9. The van der Waals surface area contributed by atoms with Gasteiger partial charge in [0.1, 0.15) is 5.01 Å². The van der Waals surface area contributed by atoms with Crippen LogP contribution in [0.25, 0.3) is 10.7 Å². The average molecular weight is 263 g/mol. The molecule has 0 radical (unpaired) electrons. The van der Waals surface area contributed by atoms with Crippen molar-refractivity contribution in [1.82, 2.24) is 14.5 Å². The van der Waals surface area contributed by atoms with Gasteiger partial charge in [0.15, 0.2) is 0 Å². The SMILES string of the molecule is Cn1cncc1-c1nc2c(s1)C(O)CC(C)(C)C2. The van der Waals surface area contributed by atoms with Crippen LogP contribution in [0.5, 0.6) is 0 Å². The summed E-state index contributed by atoms with van der Waals surface area (Å²) in [6.45, 7) is 4.37. The molecule has 0 bridgehead atoms. The molecule has 0 aromatic carbocycles. The highest BCUT2D eigenvalue weighted by atomic mass is 32.1. The molecule has 0 spiro atoms. The molecule has 5 heteroatoms. The van der Waals surface area contributed by atoms with Gasteiger partial charge in [-0.1, -0.05) is 13.8 Å². The number of nitrogens with zero attached hydrogens (tertiary/aromatic N) is 3. The second-order valence-corrected chi connectivity index (χ2v) is 6.81. The van der Waals surface area contributed by atoms with Crippen LogP contribution in [0.2, 0.25) is 0 Å². The largest absolute Gasteiger partial charge is 0.387 e. The Morgan fingerprint density at radius 3 is 2.94 bits per heavy atom. The third-order valence-corrected chi connectivity index (χ3v) is 4.68. The van der Waals surface area contributed by atoms with E-state index in [1.165, 1.54) is 0 Å². The van der Waals surface area contributed by atoms with Crippen LogP contribution in [0.3, 0.4) is 0 Å². The van der Waals surface area contributed by atoms with Crippen LogP contribution in [-0.4, -0.2) is 19.6 Å². The van der Waals surface area contributed by atoms with Gasteiger partial charge in [-0.25, -0.2) is 9.97 Å². The lowest BCUT2D eigenvalue weighted by Gasteiger charge is -2.31. The summed E-state index contributed by atoms with van der Waals surface area (Å²) >= 11 is 1.59. The molecule has 96 valence electrons. The maximum atomic E-state index is 10.2. The van der Waals surface area contributed by atoms with Crippen LogP contribution < -0.4 is 0 Å². The van der Waals surface area contributed by atoms with Gasteiger partial charge in [0.2, 0.25) is 0 Å². The van der Waals surface area contributed by atoms with E-state index in [1.807, 2.05) is 17.8 Å². The van der Waals surface area contributed by atoms with Crippen LogP contribution in [0.4, 0.5) is 0 Å². The highest BCUT2D eigenvalue weighted by molar-refractivity contribution is 7.15.